The summed E-state index contributed by atoms with van der Waals surface area (Å²) in [5, 5.41) is 0. The van der Waals surface area contributed by atoms with E-state index in [9.17, 15) is 0 Å². The van der Waals surface area contributed by atoms with Gasteiger partial charge in [-0.3, -0.25) is 0 Å². The number of hydrogen-bond donors (Lipinski definition) is 1. The zero-order valence-corrected chi connectivity index (χ0v) is 8.14. The smallest absolute Gasteiger partial charge is 0.0102 e. The predicted molar refractivity (Wildman–Crippen MR) is 50.6 cm³/mol. The van der Waals surface area contributed by atoms with Gasteiger partial charge in [0.25, 0.3) is 0 Å². The second-order valence-corrected chi connectivity index (χ2v) is 3.44. The van der Waals surface area contributed by atoms with Crippen molar-refractivity contribution in [2.45, 2.75) is 26.7 Å². The molecule has 2 N–H and O–H groups in total. The molecule has 0 saturated heterocycles. The van der Waals surface area contributed by atoms with Crippen LogP contribution >= 0.6 is 0 Å². The molecule has 0 radical (unpaired) electrons. The van der Waals surface area contributed by atoms with Crippen LogP contribution in [0.25, 0.3) is 0 Å². The minimum atomic E-state index is 0.773. The molecule has 2 heteroatoms. The average molecular weight is 158 g/mol. The molecule has 0 fully saturated rings. The third-order valence-electron chi connectivity index (χ3n) is 1.92. The number of hydrogen-bond acceptors (Lipinski definition) is 2. The van der Waals surface area contributed by atoms with Gasteiger partial charge in [0.2, 0.25) is 0 Å². The van der Waals surface area contributed by atoms with Crippen molar-refractivity contribution in [2.24, 2.45) is 11.7 Å². The molecular weight excluding hydrogens is 136 g/mol. The highest BCUT2D eigenvalue weighted by Crippen LogP contribution is 2.05. The van der Waals surface area contributed by atoms with E-state index in [1.165, 1.54) is 19.4 Å². The molecule has 0 aliphatic heterocycles. The molecule has 0 heterocycles. The molecule has 2 nitrogen and oxygen atoms in total. The van der Waals surface area contributed by atoms with E-state index in [4.69, 9.17) is 5.73 Å². The van der Waals surface area contributed by atoms with Crippen LogP contribution in [0.5, 0.6) is 0 Å². The van der Waals surface area contributed by atoms with E-state index < -0.39 is 0 Å². The summed E-state index contributed by atoms with van der Waals surface area (Å²) in [5.41, 5.74) is 5.44. The fraction of sp³-hybridized carbons (Fsp3) is 1.00. The van der Waals surface area contributed by atoms with Crippen molar-refractivity contribution in [3.05, 3.63) is 0 Å². The zero-order chi connectivity index (χ0) is 8.69. The summed E-state index contributed by atoms with van der Waals surface area (Å²) in [7, 11) is 2.14. The van der Waals surface area contributed by atoms with Crippen molar-refractivity contribution in [3.63, 3.8) is 0 Å². The van der Waals surface area contributed by atoms with Crippen molar-refractivity contribution in [3.8, 4) is 0 Å². The molecule has 0 aliphatic rings. The molecule has 1 atom stereocenters. The van der Waals surface area contributed by atoms with Gasteiger partial charge in [-0.1, -0.05) is 20.3 Å². The van der Waals surface area contributed by atoms with E-state index in [1.54, 1.807) is 0 Å². The zero-order valence-electron chi connectivity index (χ0n) is 8.14. The molecule has 11 heavy (non-hydrogen) atoms. The first-order chi connectivity index (χ1) is 5.20. The molecule has 1 unspecified atom stereocenters. The molecule has 0 aromatic carbocycles. The maximum atomic E-state index is 5.44. The number of rotatable bonds is 6. The second kappa shape index (κ2) is 6.62. The van der Waals surface area contributed by atoms with Crippen LogP contribution < -0.4 is 5.73 Å². The topological polar surface area (TPSA) is 29.3 Å². The van der Waals surface area contributed by atoms with Crippen molar-refractivity contribution >= 4 is 0 Å². The maximum absolute atomic E-state index is 5.44. The molecular formula is C9H22N2. The highest BCUT2D eigenvalue weighted by Gasteiger charge is 2.03. The summed E-state index contributed by atoms with van der Waals surface area (Å²) in [6, 6.07) is 0. The largest absolute Gasteiger partial charge is 0.329 e. The molecule has 0 aromatic heterocycles. The Morgan fingerprint density at radius 2 is 2.09 bits per heavy atom. The Hall–Kier alpha value is -0.0800. The van der Waals surface area contributed by atoms with Gasteiger partial charge >= 0.3 is 0 Å². The first-order valence-corrected chi connectivity index (χ1v) is 4.59. The van der Waals surface area contributed by atoms with E-state index in [2.05, 4.69) is 25.8 Å². The minimum Gasteiger partial charge on any atom is -0.329 e. The molecule has 0 aliphatic carbocycles. The Labute approximate surface area is 70.8 Å². The van der Waals surface area contributed by atoms with E-state index in [0.29, 0.717) is 0 Å². The van der Waals surface area contributed by atoms with Gasteiger partial charge < -0.3 is 10.6 Å². The summed E-state index contributed by atoms with van der Waals surface area (Å²) >= 11 is 0. The fourth-order valence-corrected chi connectivity index (χ4v) is 1.43. The molecule has 0 amide bonds. The summed E-state index contributed by atoms with van der Waals surface area (Å²) in [6.45, 7) is 7.52. The van der Waals surface area contributed by atoms with Crippen LogP contribution in [0.4, 0.5) is 0 Å². The quantitative estimate of drug-likeness (QED) is 0.631. The van der Waals surface area contributed by atoms with Crippen LogP contribution in [0.1, 0.15) is 26.7 Å². The van der Waals surface area contributed by atoms with E-state index >= 15 is 0 Å². The minimum absolute atomic E-state index is 0.773. The number of nitrogens with two attached hydrogens (primary N) is 1. The third kappa shape index (κ3) is 6.32. The van der Waals surface area contributed by atoms with Crippen LogP contribution in [-0.4, -0.2) is 31.6 Å². The van der Waals surface area contributed by atoms with Crippen molar-refractivity contribution < 1.29 is 0 Å². The summed E-state index contributed by atoms with van der Waals surface area (Å²) < 4.78 is 0. The Morgan fingerprint density at radius 3 is 2.55 bits per heavy atom. The summed E-state index contributed by atoms with van der Waals surface area (Å²) in [5.74, 6) is 0.816. The standard InChI is InChI=1S/C9H22N2/c1-4-5-9(2)8-11(3)7-6-10/h9H,4-8,10H2,1-3H3. The lowest BCUT2D eigenvalue weighted by Gasteiger charge is -2.19. The van der Waals surface area contributed by atoms with E-state index in [1.807, 2.05) is 0 Å². The van der Waals surface area contributed by atoms with Gasteiger partial charge in [0.1, 0.15) is 0 Å². The second-order valence-electron chi connectivity index (χ2n) is 3.44. The molecule has 0 bridgehead atoms. The number of nitrogens with zero attached hydrogens (tertiary/aromatic N) is 1. The van der Waals surface area contributed by atoms with Crippen LogP contribution in [0.15, 0.2) is 0 Å². The summed E-state index contributed by atoms with van der Waals surface area (Å²) in [6.07, 6.45) is 2.62. The van der Waals surface area contributed by atoms with Crippen LogP contribution in [-0.2, 0) is 0 Å². The fourth-order valence-electron chi connectivity index (χ4n) is 1.43. The molecule has 0 rings (SSSR count). The molecule has 0 spiro atoms. The Morgan fingerprint density at radius 1 is 1.45 bits per heavy atom. The van der Waals surface area contributed by atoms with Gasteiger partial charge in [-0.15, -0.1) is 0 Å². The molecule has 68 valence electrons. The predicted octanol–water partition coefficient (Wildman–Crippen LogP) is 1.31. The first-order valence-electron chi connectivity index (χ1n) is 4.59. The van der Waals surface area contributed by atoms with E-state index in [0.717, 1.165) is 19.0 Å². The van der Waals surface area contributed by atoms with Gasteiger partial charge in [-0.25, -0.2) is 0 Å². The maximum Gasteiger partial charge on any atom is 0.0102 e. The van der Waals surface area contributed by atoms with Gasteiger partial charge in [-0.2, -0.15) is 0 Å². The van der Waals surface area contributed by atoms with Gasteiger partial charge in [0.15, 0.2) is 0 Å². The lowest BCUT2D eigenvalue weighted by Crippen LogP contribution is -2.29. The first kappa shape index (κ1) is 10.9. The summed E-state index contributed by atoms with van der Waals surface area (Å²) in [4.78, 5) is 2.31. The third-order valence-corrected chi connectivity index (χ3v) is 1.92. The van der Waals surface area contributed by atoms with Gasteiger partial charge in [0.05, 0.1) is 0 Å². The van der Waals surface area contributed by atoms with Crippen molar-refractivity contribution in [1.29, 1.82) is 0 Å². The average Bonchev–Trinajstić information content (AvgIpc) is 1.87. The Kier molecular flexibility index (Phi) is 6.57. The van der Waals surface area contributed by atoms with Gasteiger partial charge in [0, 0.05) is 19.6 Å². The van der Waals surface area contributed by atoms with Crippen LogP contribution in [0, 0.1) is 5.92 Å². The van der Waals surface area contributed by atoms with E-state index in [-0.39, 0.29) is 0 Å². The lowest BCUT2D eigenvalue weighted by atomic mass is 10.1. The lowest BCUT2D eigenvalue weighted by molar-refractivity contribution is 0.284. The van der Waals surface area contributed by atoms with Gasteiger partial charge in [-0.05, 0) is 19.4 Å². The van der Waals surface area contributed by atoms with Crippen LogP contribution in [0.3, 0.4) is 0 Å². The van der Waals surface area contributed by atoms with Crippen molar-refractivity contribution in [1.82, 2.24) is 4.90 Å². The highest BCUT2D eigenvalue weighted by molar-refractivity contribution is 4.58. The highest BCUT2D eigenvalue weighted by atomic mass is 15.1. The van der Waals surface area contributed by atoms with Crippen molar-refractivity contribution in [2.75, 3.05) is 26.7 Å². The SMILES string of the molecule is CCCC(C)CN(C)CCN. The molecule has 0 saturated carbocycles. The number of likely N-dealkylation sites (N-methyl/N-ethyl adjacent to an activating group) is 1. The molecule has 0 aromatic rings. The Bertz CT molecular complexity index is 73.6. The normalized spacial score (nSPS) is 13.9. The van der Waals surface area contributed by atoms with Crippen LogP contribution in [0.2, 0.25) is 0 Å². The monoisotopic (exact) mass is 158 g/mol. The Balaban J connectivity index is 3.32.